The highest BCUT2D eigenvalue weighted by molar-refractivity contribution is 9.10. The highest BCUT2D eigenvalue weighted by Crippen LogP contribution is 2.42. The predicted molar refractivity (Wildman–Crippen MR) is 111 cm³/mol. The first kappa shape index (κ1) is 22.0. The number of carbonyl (C=O) groups excluding carboxylic acids is 2. The highest BCUT2D eigenvalue weighted by Gasteiger charge is 2.25. The van der Waals surface area contributed by atoms with Gasteiger partial charge in [-0.25, -0.2) is 13.6 Å². The molecule has 0 unspecified atom stereocenters. The van der Waals surface area contributed by atoms with E-state index >= 15 is 0 Å². The zero-order chi connectivity index (χ0) is 22.0. The maximum Gasteiger partial charge on any atom is 0.348 e. The summed E-state index contributed by atoms with van der Waals surface area (Å²) in [6, 6.07) is 5.03. The molecule has 158 valence electrons. The molecule has 10 heteroatoms. The van der Waals surface area contributed by atoms with Crippen molar-refractivity contribution in [2.45, 2.75) is 13.5 Å². The largest absolute Gasteiger partial charge is 0.496 e. The average Bonchev–Trinajstić information content (AvgIpc) is 3.08. The Balaban J connectivity index is 2.09. The third-order valence-electron chi connectivity index (χ3n) is 4.18. The number of carbonyl (C=O) groups is 2. The molecular weight excluding hydrogens is 484 g/mol. The van der Waals surface area contributed by atoms with Crippen molar-refractivity contribution in [3.05, 3.63) is 56.4 Å². The topological polar surface area (TPSA) is 87.8 Å². The number of esters is 1. The van der Waals surface area contributed by atoms with Crippen molar-refractivity contribution in [1.29, 1.82) is 0 Å². The number of primary amides is 1. The molecular formula is C20H16BrF2NO5S. The molecule has 6 nitrogen and oxygen atoms in total. The molecule has 0 fully saturated rings. The van der Waals surface area contributed by atoms with Crippen molar-refractivity contribution in [3.8, 4) is 11.5 Å². The molecule has 0 aliphatic heterocycles. The van der Waals surface area contributed by atoms with Gasteiger partial charge in [-0.2, -0.15) is 0 Å². The zero-order valence-corrected chi connectivity index (χ0v) is 18.3. The number of thiophene rings is 1. The van der Waals surface area contributed by atoms with E-state index in [0.29, 0.717) is 25.9 Å². The van der Waals surface area contributed by atoms with Gasteiger partial charge in [0.25, 0.3) is 0 Å². The van der Waals surface area contributed by atoms with Gasteiger partial charge in [-0.1, -0.05) is 0 Å². The van der Waals surface area contributed by atoms with Crippen molar-refractivity contribution in [2.75, 3.05) is 13.7 Å². The number of ether oxygens (including phenoxy) is 3. The summed E-state index contributed by atoms with van der Waals surface area (Å²) in [6.45, 7) is 1.48. The van der Waals surface area contributed by atoms with Gasteiger partial charge in [0, 0.05) is 21.0 Å². The van der Waals surface area contributed by atoms with Crippen LogP contribution < -0.4 is 15.2 Å². The minimum atomic E-state index is -1.09. The van der Waals surface area contributed by atoms with Gasteiger partial charge in [-0.15, -0.1) is 11.3 Å². The van der Waals surface area contributed by atoms with E-state index in [4.69, 9.17) is 19.9 Å². The molecule has 1 amide bonds. The van der Waals surface area contributed by atoms with Crippen LogP contribution in [0.5, 0.6) is 11.5 Å². The summed E-state index contributed by atoms with van der Waals surface area (Å²) in [4.78, 5) is 23.9. The van der Waals surface area contributed by atoms with Crippen LogP contribution in [0, 0.1) is 11.6 Å². The summed E-state index contributed by atoms with van der Waals surface area (Å²) < 4.78 is 45.9. The number of halogens is 3. The lowest BCUT2D eigenvalue weighted by molar-refractivity contribution is 0.0529. The van der Waals surface area contributed by atoms with E-state index in [0.717, 1.165) is 23.5 Å². The Morgan fingerprint density at radius 3 is 2.43 bits per heavy atom. The lowest BCUT2D eigenvalue weighted by Gasteiger charge is -2.11. The summed E-state index contributed by atoms with van der Waals surface area (Å²) in [5.41, 5.74) is 5.10. The van der Waals surface area contributed by atoms with Crippen LogP contribution in [-0.4, -0.2) is 25.6 Å². The van der Waals surface area contributed by atoms with Crippen LogP contribution in [0.4, 0.5) is 8.78 Å². The first-order valence-corrected chi connectivity index (χ1v) is 10.3. The maximum absolute atomic E-state index is 14.3. The van der Waals surface area contributed by atoms with E-state index in [1.165, 1.54) is 7.11 Å². The summed E-state index contributed by atoms with van der Waals surface area (Å²) >= 11 is 4.58. The summed E-state index contributed by atoms with van der Waals surface area (Å²) in [7, 11) is 1.47. The van der Waals surface area contributed by atoms with Crippen molar-refractivity contribution in [3.63, 3.8) is 0 Å². The van der Waals surface area contributed by atoms with Crippen LogP contribution in [0.2, 0.25) is 0 Å². The van der Waals surface area contributed by atoms with Crippen LogP contribution in [0.3, 0.4) is 0 Å². The Morgan fingerprint density at radius 1 is 1.20 bits per heavy atom. The molecule has 0 saturated carbocycles. The predicted octanol–water partition coefficient (Wildman–Crippen LogP) is 4.81. The number of benzene rings is 2. The molecule has 0 saturated heterocycles. The fourth-order valence-corrected chi connectivity index (χ4v) is 4.55. The molecule has 2 aromatic carbocycles. The van der Waals surface area contributed by atoms with Gasteiger partial charge in [0.1, 0.15) is 17.2 Å². The van der Waals surface area contributed by atoms with E-state index < -0.39 is 29.3 Å². The number of rotatable bonds is 7. The monoisotopic (exact) mass is 499 g/mol. The van der Waals surface area contributed by atoms with Crippen LogP contribution in [0.15, 0.2) is 28.7 Å². The molecule has 0 radical (unpaired) electrons. The Bertz CT molecular complexity index is 1120. The highest BCUT2D eigenvalue weighted by atomic mass is 79.9. The molecule has 0 bridgehead atoms. The van der Waals surface area contributed by atoms with Crippen LogP contribution in [0.1, 0.15) is 32.5 Å². The third kappa shape index (κ3) is 4.10. The van der Waals surface area contributed by atoms with Crippen molar-refractivity contribution < 1.29 is 32.6 Å². The summed E-state index contributed by atoms with van der Waals surface area (Å²) in [5.74, 6) is -3.96. The maximum atomic E-state index is 14.3. The zero-order valence-electron chi connectivity index (χ0n) is 15.9. The second kappa shape index (κ2) is 8.97. The molecule has 0 aliphatic carbocycles. The molecule has 3 rings (SSSR count). The van der Waals surface area contributed by atoms with Crippen molar-refractivity contribution in [2.24, 2.45) is 5.73 Å². The molecule has 0 aliphatic rings. The van der Waals surface area contributed by atoms with Gasteiger partial charge in [0.05, 0.1) is 18.4 Å². The van der Waals surface area contributed by atoms with Gasteiger partial charge < -0.3 is 19.9 Å². The lowest BCUT2D eigenvalue weighted by Crippen LogP contribution is -2.13. The molecule has 1 heterocycles. The normalized spacial score (nSPS) is 10.8. The van der Waals surface area contributed by atoms with E-state index in [1.807, 2.05) is 0 Å². The number of nitrogens with two attached hydrogens (primary N) is 1. The quantitative estimate of drug-likeness (QED) is 0.471. The first-order chi connectivity index (χ1) is 14.3. The Labute approximate surface area is 182 Å². The smallest absolute Gasteiger partial charge is 0.348 e. The Morgan fingerprint density at radius 2 is 1.87 bits per heavy atom. The Hall–Kier alpha value is -2.72. The number of hydrogen-bond acceptors (Lipinski definition) is 6. The molecule has 1 aromatic heterocycles. The molecule has 30 heavy (non-hydrogen) atoms. The SMILES string of the molecule is CCOC(=O)c1sc2c(Br)ccc(OC)c2c1COc1c(F)cc(C(N)=O)cc1F. The van der Waals surface area contributed by atoms with Gasteiger partial charge in [0.2, 0.25) is 5.91 Å². The molecule has 3 aromatic rings. The summed E-state index contributed by atoms with van der Waals surface area (Å²) in [5, 5.41) is 0.564. The Kier molecular flexibility index (Phi) is 6.57. The second-order valence-electron chi connectivity index (χ2n) is 6.01. The number of methoxy groups -OCH3 is 1. The van der Waals surface area contributed by atoms with E-state index in [-0.39, 0.29) is 23.7 Å². The van der Waals surface area contributed by atoms with Gasteiger partial charge in [0.15, 0.2) is 17.4 Å². The minimum Gasteiger partial charge on any atom is -0.496 e. The fourth-order valence-electron chi connectivity index (χ4n) is 2.86. The molecule has 0 atom stereocenters. The lowest BCUT2D eigenvalue weighted by atomic mass is 10.1. The third-order valence-corrected chi connectivity index (χ3v) is 6.34. The van der Waals surface area contributed by atoms with Gasteiger partial charge in [-0.05, 0) is 47.1 Å². The minimum absolute atomic E-state index is 0.156. The standard InChI is InChI=1S/C20H16BrF2NO5S/c1-3-28-20(26)17-10(15-14(27-2)5-4-11(21)18(15)30-17)8-29-16-12(22)6-9(19(24)25)7-13(16)23/h4-7H,3,8H2,1-2H3,(H2,24,25). The van der Waals surface area contributed by atoms with Crippen LogP contribution in [0.25, 0.3) is 10.1 Å². The fraction of sp³-hybridized carbons (Fsp3) is 0.200. The van der Waals surface area contributed by atoms with Crippen molar-refractivity contribution in [1.82, 2.24) is 0 Å². The number of fused-ring (bicyclic) bond motifs is 1. The number of amides is 1. The van der Waals surface area contributed by atoms with E-state index in [9.17, 15) is 18.4 Å². The number of hydrogen-bond donors (Lipinski definition) is 1. The van der Waals surface area contributed by atoms with E-state index in [1.54, 1.807) is 19.1 Å². The van der Waals surface area contributed by atoms with Gasteiger partial charge in [-0.3, -0.25) is 4.79 Å². The van der Waals surface area contributed by atoms with Crippen LogP contribution >= 0.6 is 27.3 Å². The van der Waals surface area contributed by atoms with E-state index in [2.05, 4.69) is 15.9 Å². The van der Waals surface area contributed by atoms with Gasteiger partial charge >= 0.3 is 5.97 Å². The molecule has 2 N–H and O–H groups in total. The van der Waals surface area contributed by atoms with Crippen LogP contribution in [-0.2, 0) is 11.3 Å². The van der Waals surface area contributed by atoms with Crippen molar-refractivity contribution >= 4 is 49.2 Å². The first-order valence-electron chi connectivity index (χ1n) is 8.65. The molecule has 0 spiro atoms. The average molecular weight is 500 g/mol. The second-order valence-corrected chi connectivity index (χ2v) is 7.88. The summed E-state index contributed by atoms with van der Waals surface area (Å²) in [6.07, 6.45) is 0.